The Balaban J connectivity index is 1.83. The van der Waals surface area contributed by atoms with Gasteiger partial charge in [0.1, 0.15) is 0 Å². The lowest BCUT2D eigenvalue weighted by Gasteiger charge is -2.40. The molecule has 0 aliphatic heterocycles. The van der Waals surface area contributed by atoms with E-state index in [9.17, 15) is 0 Å². The summed E-state index contributed by atoms with van der Waals surface area (Å²) in [6.45, 7) is 0. The molecule has 12 heavy (non-hydrogen) atoms. The molecule has 0 aromatic rings. The summed E-state index contributed by atoms with van der Waals surface area (Å²) in [6.07, 6.45) is 14.2. The molecule has 0 heteroatoms. The summed E-state index contributed by atoms with van der Waals surface area (Å²) in [5, 5.41) is 0. The standard InChI is InChI=1S/C12H18/c1-2-4-12-10(3-1)7-9-5-6-11(12)8-9/h5-6,9-12H,1-4,7-8H2. The van der Waals surface area contributed by atoms with Crippen LogP contribution < -0.4 is 0 Å². The molecule has 2 fully saturated rings. The molecule has 0 N–H and O–H groups in total. The average molecular weight is 162 g/mol. The Morgan fingerprint density at radius 1 is 0.917 bits per heavy atom. The molecule has 0 nitrogen and oxygen atoms in total. The van der Waals surface area contributed by atoms with Crippen molar-refractivity contribution in [2.75, 3.05) is 0 Å². The third kappa shape index (κ3) is 0.967. The Labute approximate surface area is 75.0 Å². The number of hydrogen-bond donors (Lipinski definition) is 0. The number of hydrogen-bond acceptors (Lipinski definition) is 0. The first kappa shape index (κ1) is 7.17. The van der Waals surface area contributed by atoms with Crippen molar-refractivity contribution in [2.45, 2.75) is 38.5 Å². The van der Waals surface area contributed by atoms with Crippen LogP contribution in [0.15, 0.2) is 12.2 Å². The largest absolute Gasteiger partial charge is 0.0851 e. The maximum Gasteiger partial charge on any atom is -0.0197 e. The van der Waals surface area contributed by atoms with Crippen molar-refractivity contribution >= 4 is 0 Å². The summed E-state index contributed by atoms with van der Waals surface area (Å²) in [5.41, 5.74) is 0. The quantitative estimate of drug-likeness (QED) is 0.479. The van der Waals surface area contributed by atoms with Crippen LogP contribution >= 0.6 is 0 Å². The highest BCUT2D eigenvalue weighted by Crippen LogP contribution is 2.49. The van der Waals surface area contributed by atoms with E-state index < -0.39 is 0 Å². The second-order valence-corrected chi connectivity index (χ2v) is 4.99. The van der Waals surface area contributed by atoms with Crippen molar-refractivity contribution in [3.05, 3.63) is 12.2 Å². The van der Waals surface area contributed by atoms with Crippen LogP contribution in [0.2, 0.25) is 0 Å². The lowest BCUT2D eigenvalue weighted by molar-refractivity contribution is 0.119. The molecule has 2 bridgehead atoms. The van der Waals surface area contributed by atoms with Crippen LogP contribution in [0.5, 0.6) is 0 Å². The van der Waals surface area contributed by atoms with Gasteiger partial charge in [0.2, 0.25) is 0 Å². The summed E-state index contributed by atoms with van der Waals surface area (Å²) in [7, 11) is 0. The van der Waals surface area contributed by atoms with Gasteiger partial charge in [-0.3, -0.25) is 0 Å². The lowest BCUT2D eigenvalue weighted by atomic mass is 9.65. The van der Waals surface area contributed by atoms with Gasteiger partial charge < -0.3 is 0 Å². The number of rotatable bonds is 0. The van der Waals surface area contributed by atoms with E-state index in [1.807, 2.05) is 0 Å². The fourth-order valence-electron chi connectivity index (χ4n) is 3.78. The van der Waals surface area contributed by atoms with Gasteiger partial charge in [-0.1, -0.05) is 31.4 Å². The maximum absolute atomic E-state index is 2.53. The fraction of sp³-hybridized carbons (Fsp3) is 0.833. The van der Waals surface area contributed by atoms with E-state index in [1.165, 1.54) is 32.1 Å². The highest BCUT2D eigenvalue weighted by atomic mass is 14.4. The molecule has 66 valence electrons. The van der Waals surface area contributed by atoms with Crippen molar-refractivity contribution < 1.29 is 0 Å². The molecule has 2 saturated carbocycles. The van der Waals surface area contributed by atoms with Crippen LogP contribution in [0.25, 0.3) is 0 Å². The molecule has 4 atom stereocenters. The summed E-state index contributed by atoms with van der Waals surface area (Å²) >= 11 is 0. The molecule has 3 aliphatic rings. The molecule has 3 rings (SSSR count). The van der Waals surface area contributed by atoms with Gasteiger partial charge in [-0.2, -0.15) is 0 Å². The van der Waals surface area contributed by atoms with Gasteiger partial charge >= 0.3 is 0 Å². The number of fused-ring (bicyclic) bond motifs is 4. The molecule has 4 unspecified atom stereocenters. The minimum atomic E-state index is 0.981. The first-order chi connectivity index (χ1) is 5.93. The fourth-order valence-corrected chi connectivity index (χ4v) is 3.78. The third-order valence-corrected chi connectivity index (χ3v) is 4.33. The van der Waals surface area contributed by atoms with Crippen LogP contribution in [0, 0.1) is 23.7 Å². The van der Waals surface area contributed by atoms with Crippen LogP contribution in [0.4, 0.5) is 0 Å². The molecule has 3 aliphatic carbocycles. The summed E-state index contributed by atoms with van der Waals surface area (Å²) in [4.78, 5) is 0. The van der Waals surface area contributed by atoms with Crippen LogP contribution in [-0.4, -0.2) is 0 Å². The molecule has 0 heterocycles. The van der Waals surface area contributed by atoms with Gasteiger partial charge in [-0.15, -0.1) is 0 Å². The molecular weight excluding hydrogens is 144 g/mol. The van der Waals surface area contributed by atoms with E-state index in [1.54, 1.807) is 6.42 Å². The van der Waals surface area contributed by atoms with E-state index >= 15 is 0 Å². The molecule has 0 radical (unpaired) electrons. The minimum absolute atomic E-state index is 0.981. The summed E-state index contributed by atoms with van der Waals surface area (Å²) < 4.78 is 0. The molecule has 0 saturated heterocycles. The predicted octanol–water partition coefficient (Wildman–Crippen LogP) is 3.39. The van der Waals surface area contributed by atoms with E-state index in [2.05, 4.69) is 12.2 Å². The Morgan fingerprint density at radius 2 is 1.83 bits per heavy atom. The van der Waals surface area contributed by atoms with E-state index in [0.717, 1.165) is 23.7 Å². The van der Waals surface area contributed by atoms with Crippen LogP contribution in [0.3, 0.4) is 0 Å². The van der Waals surface area contributed by atoms with Crippen molar-refractivity contribution in [1.29, 1.82) is 0 Å². The van der Waals surface area contributed by atoms with E-state index in [0.29, 0.717) is 0 Å². The molecule has 0 aromatic heterocycles. The van der Waals surface area contributed by atoms with Crippen LogP contribution in [0.1, 0.15) is 38.5 Å². The topological polar surface area (TPSA) is 0 Å². The van der Waals surface area contributed by atoms with Crippen LogP contribution in [-0.2, 0) is 0 Å². The van der Waals surface area contributed by atoms with Gasteiger partial charge in [-0.05, 0) is 42.9 Å². The monoisotopic (exact) mass is 162 g/mol. The zero-order valence-corrected chi connectivity index (χ0v) is 7.71. The molecule has 0 aromatic carbocycles. The molecule has 0 amide bonds. The first-order valence-corrected chi connectivity index (χ1v) is 5.62. The van der Waals surface area contributed by atoms with Crippen molar-refractivity contribution in [1.82, 2.24) is 0 Å². The third-order valence-electron chi connectivity index (χ3n) is 4.33. The normalized spacial score (nSPS) is 50.7. The lowest BCUT2D eigenvalue weighted by Crippen LogP contribution is -2.30. The van der Waals surface area contributed by atoms with Crippen molar-refractivity contribution in [3.8, 4) is 0 Å². The van der Waals surface area contributed by atoms with Gasteiger partial charge in [0.25, 0.3) is 0 Å². The first-order valence-electron chi connectivity index (χ1n) is 5.62. The zero-order valence-electron chi connectivity index (χ0n) is 7.71. The van der Waals surface area contributed by atoms with Gasteiger partial charge in [0.05, 0.1) is 0 Å². The zero-order chi connectivity index (χ0) is 7.97. The SMILES string of the molecule is C1=CC2CC1CC1CCCCC21. The summed E-state index contributed by atoms with van der Waals surface area (Å²) in [6, 6.07) is 0. The predicted molar refractivity (Wildman–Crippen MR) is 50.8 cm³/mol. The molecule has 0 spiro atoms. The Hall–Kier alpha value is -0.260. The second-order valence-electron chi connectivity index (χ2n) is 4.99. The summed E-state index contributed by atoms with van der Waals surface area (Å²) in [5.74, 6) is 4.18. The van der Waals surface area contributed by atoms with Gasteiger partial charge in [0, 0.05) is 0 Å². The van der Waals surface area contributed by atoms with E-state index in [4.69, 9.17) is 0 Å². The maximum atomic E-state index is 2.53. The van der Waals surface area contributed by atoms with Crippen molar-refractivity contribution in [2.24, 2.45) is 23.7 Å². The van der Waals surface area contributed by atoms with Gasteiger partial charge in [-0.25, -0.2) is 0 Å². The van der Waals surface area contributed by atoms with Crippen molar-refractivity contribution in [3.63, 3.8) is 0 Å². The second kappa shape index (κ2) is 2.61. The number of allylic oxidation sites excluding steroid dienone is 2. The highest BCUT2D eigenvalue weighted by molar-refractivity contribution is 5.09. The van der Waals surface area contributed by atoms with E-state index in [-0.39, 0.29) is 0 Å². The highest BCUT2D eigenvalue weighted by Gasteiger charge is 2.39. The Morgan fingerprint density at radius 3 is 2.83 bits per heavy atom. The Kier molecular flexibility index (Phi) is 1.56. The average Bonchev–Trinajstić information content (AvgIpc) is 2.49. The minimum Gasteiger partial charge on any atom is -0.0851 e. The van der Waals surface area contributed by atoms with Gasteiger partial charge in [0.15, 0.2) is 0 Å². The Bertz CT molecular complexity index is 204. The smallest absolute Gasteiger partial charge is 0.0197 e. The molecular formula is C12H18.